The molecule has 3 saturated heterocycles. The van der Waals surface area contributed by atoms with E-state index in [4.69, 9.17) is 20.4 Å². The van der Waals surface area contributed by atoms with Gasteiger partial charge in [-0.3, -0.25) is 14.9 Å². The summed E-state index contributed by atoms with van der Waals surface area (Å²) in [6, 6.07) is 4.98. The molecule has 2 aromatic heterocycles. The molecule has 2 atom stereocenters. The van der Waals surface area contributed by atoms with Gasteiger partial charge in [-0.05, 0) is 31.1 Å². The van der Waals surface area contributed by atoms with E-state index in [0.29, 0.717) is 29.0 Å². The highest BCUT2D eigenvalue weighted by Crippen LogP contribution is 2.35. The Hall–Kier alpha value is -3.81. The Morgan fingerprint density at radius 3 is 2.66 bits per heavy atom. The van der Waals surface area contributed by atoms with Crippen molar-refractivity contribution in [2.45, 2.75) is 32.4 Å². The fourth-order valence-electron chi connectivity index (χ4n) is 4.70. The first-order chi connectivity index (χ1) is 18.5. The molecule has 0 spiro atoms. The van der Waals surface area contributed by atoms with Crippen molar-refractivity contribution in [3.63, 3.8) is 0 Å². The van der Waals surface area contributed by atoms with Gasteiger partial charge in [0.2, 0.25) is 0 Å². The standard InChI is InChI=1S/C28H34N8OS/c1-5-20(8-7-19(3)37-4)16-36-23-10-24(36)18-35(17-23)27-15-31-26(14-32-27)25-9-22(34-38-6-2)13-33-28(25)21(11-29)12-30/h5,7-9,11,13-15,23-24,34H,1,6,10,16-18,29H2,2-4H3/b19-7+,20-8+,21-11?. The first kappa shape index (κ1) is 27.2. The lowest BCUT2D eigenvalue weighted by Crippen LogP contribution is -2.69. The second kappa shape index (κ2) is 12.6. The lowest BCUT2D eigenvalue weighted by atomic mass is 9.86. The highest BCUT2D eigenvalue weighted by Gasteiger charge is 2.44. The number of nitrogens with one attached hydrogen (secondary N) is 1. The fourth-order valence-corrected chi connectivity index (χ4v) is 5.12. The first-order valence-corrected chi connectivity index (χ1v) is 13.6. The van der Waals surface area contributed by atoms with Gasteiger partial charge in [0.15, 0.2) is 0 Å². The average Bonchev–Trinajstić information content (AvgIpc) is 2.97. The molecule has 0 aromatic carbocycles. The summed E-state index contributed by atoms with van der Waals surface area (Å²) in [7, 11) is 1.68. The SMILES string of the molecule is C=C/C(=C\C=C(/C)OC)CN1C2CC1CN(c1cnc(-c3cc(NSCC)cnc3C(C#N)=CN)cn1)C2. The number of piperazine rings is 1. The molecule has 0 amide bonds. The van der Waals surface area contributed by atoms with Crippen LogP contribution in [-0.2, 0) is 4.74 Å². The van der Waals surface area contributed by atoms with E-state index < -0.39 is 0 Å². The van der Waals surface area contributed by atoms with Gasteiger partial charge >= 0.3 is 0 Å². The third-order valence-electron chi connectivity index (χ3n) is 6.83. The first-order valence-electron chi connectivity index (χ1n) is 12.6. The third kappa shape index (κ3) is 6.01. The minimum absolute atomic E-state index is 0.289. The van der Waals surface area contributed by atoms with Crippen LogP contribution in [0.1, 0.15) is 26.0 Å². The predicted octanol–water partition coefficient (Wildman–Crippen LogP) is 4.37. The lowest BCUT2D eigenvalue weighted by molar-refractivity contribution is 0.00881. The van der Waals surface area contributed by atoms with E-state index in [1.807, 2.05) is 25.1 Å². The van der Waals surface area contributed by atoms with Crippen molar-refractivity contribution < 1.29 is 4.74 Å². The number of fused-ring (bicyclic) bond motifs is 2. The molecule has 38 heavy (non-hydrogen) atoms. The number of nitrogens with zero attached hydrogens (tertiary/aromatic N) is 6. The van der Waals surface area contributed by atoms with Crippen molar-refractivity contribution in [2.24, 2.45) is 5.73 Å². The van der Waals surface area contributed by atoms with Crippen LogP contribution in [-0.4, -0.2) is 64.4 Å². The molecule has 3 aliphatic heterocycles. The Morgan fingerprint density at radius 2 is 2.05 bits per heavy atom. The van der Waals surface area contributed by atoms with Gasteiger partial charge in [-0.25, -0.2) is 4.98 Å². The molecule has 3 N–H and O–H groups in total. The maximum absolute atomic E-state index is 9.54. The van der Waals surface area contributed by atoms with Gasteiger partial charge in [0.1, 0.15) is 11.9 Å². The van der Waals surface area contributed by atoms with Crippen LogP contribution < -0.4 is 15.4 Å². The molecule has 2 unspecified atom stereocenters. The molecule has 3 fully saturated rings. The van der Waals surface area contributed by atoms with E-state index in [2.05, 4.69) is 45.2 Å². The quantitative estimate of drug-likeness (QED) is 0.188. The second-order valence-electron chi connectivity index (χ2n) is 9.16. The number of pyridine rings is 1. The number of methoxy groups -OCH3 is 1. The largest absolute Gasteiger partial charge is 0.501 e. The number of ether oxygens (including phenoxy) is 1. The maximum atomic E-state index is 9.54. The maximum Gasteiger partial charge on any atom is 0.147 e. The van der Waals surface area contributed by atoms with Crippen LogP contribution in [0.25, 0.3) is 16.8 Å². The van der Waals surface area contributed by atoms with E-state index in [-0.39, 0.29) is 5.57 Å². The molecule has 3 aliphatic rings. The molecule has 5 rings (SSSR count). The third-order valence-corrected chi connectivity index (χ3v) is 7.50. The summed E-state index contributed by atoms with van der Waals surface area (Å²) in [5.74, 6) is 2.62. The van der Waals surface area contributed by atoms with Crippen LogP contribution in [0.4, 0.5) is 11.5 Å². The number of nitriles is 1. The van der Waals surface area contributed by atoms with E-state index in [9.17, 15) is 5.26 Å². The van der Waals surface area contributed by atoms with Crippen molar-refractivity contribution in [1.82, 2.24) is 19.9 Å². The monoisotopic (exact) mass is 530 g/mol. The minimum Gasteiger partial charge on any atom is -0.501 e. The van der Waals surface area contributed by atoms with Crippen LogP contribution in [0, 0.1) is 11.3 Å². The predicted molar refractivity (Wildman–Crippen MR) is 155 cm³/mol. The molecule has 5 heterocycles. The molecular formula is C28H34N8OS. The number of anilines is 2. The number of rotatable bonds is 11. The van der Waals surface area contributed by atoms with Crippen LogP contribution in [0.15, 0.2) is 67.0 Å². The normalized spacial score (nSPS) is 19.9. The summed E-state index contributed by atoms with van der Waals surface area (Å²) < 4.78 is 8.49. The Labute approximate surface area is 228 Å². The van der Waals surface area contributed by atoms with Gasteiger partial charge in [0.25, 0.3) is 0 Å². The number of aromatic nitrogens is 3. The zero-order valence-corrected chi connectivity index (χ0v) is 22.9. The molecule has 198 valence electrons. The highest BCUT2D eigenvalue weighted by molar-refractivity contribution is 8.00. The number of hydrogen-bond donors (Lipinski definition) is 2. The number of hydrogen-bond acceptors (Lipinski definition) is 10. The molecule has 10 heteroatoms. The van der Waals surface area contributed by atoms with Crippen LogP contribution >= 0.6 is 11.9 Å². The van der Waals surface area contributed by atoms with E-state index in [1.54, 1.807) is 37.6 Å². The summed E-state index contributed by atoms with van der Waals surface area (Å²) in [6.07, 6.45) is 13.7. The van der Waals surface area contributed by atoms with Crippen LogP contribution in [0.2, 0.25) is 0 Å². The van der Waals surface area contributed by atoms with Crippen molar-refractivity contribution >= 4 is 29.0 Å². The fraction of sp³-hybridized carbons (Fsp3) is 0.357. The van der Waals surface area contributed by atoms with Gasteiger partial charge in [0.05, 0.1) is 54.1 Å². The Kier molecular flexibility index (Phi) is 9.05. The van der Waals surface area contributed by atoms with Crippen molar-refractivity contribution in [3.05, 3.63) is 72.7 Å². The van der Waals surface area contributed by atoms with Crippen molar-refractivity contribution in [1.29, 1.82) is 5.26 Å². The van der Waals surface area contributed by atoms with E-state index in [1.165, 1.54) is 18.2 Å². The average molecular weight is 531 g/mol. The second-order valence-corrected chi connectivity index (χ2v) is 10.2. The smallest absolute Gasteiger partial charge is 0.147 e. The zero-order chi connectivity index (χ0) is 27.1. The number of piperidine rings is 1. The summed E-state index contributed by atoms with van der Waals surface area (Å²) in [6.45, 7) is 10.7. The van der Waals surface area contributed by atoms with Crippen molar-refractivity contribution in [2.75, 3.05) is 42.1 Å². The molecule has 0 aliphatic carbocycles. The molecular weight excluding hydrogens is 496 g/mol. The molecule has 2 bridgehead atoms. The summed E-state index contributed by atoms with van der Waals surface area (Å²) >= 11 is 1.57. The molecule has 0 saturated carbocycles. The number of nitrogens with two attached hydrogens (primary N) is 1. The van der Waals surface area contributed by atoms with E-state index >= 15 is 0 Å². The van der Waals surface area contributed by atoms with E-state index in [0.717, 1.165) is 42.7 Å². The Balaban J connectivity index is 1.48. The minimum atomic E-state index is 0.289. The Morgan fingerprint density at radius 1 is 1.26 bits per heavy atom. The van der Waals surface area contributed by atoms with Gasteiger partial charge in [-0.2, -0.15) is 5.26 Å². The summed E-state index contributed by atoms with van der Waals surface area (Å²) in [5, 5.41) is 9.54. The van der Waals surface area contributed by atoms with Crippen LogP contribution in [0.5, 0.6) is 0 Å². The highest BCUT2D eigenvalue weighted by atomic mass is 32.2. The lowest BCUT2D eigenvalue weighted by Gasteiger charge is -2.56. The van der Waals surface area contributed by atoms with Crippen LogP contribution in [0.3, 0.4) is 0 Å². The van der Waals surface area contributed by atoms with Gasteiger partial charge in [-0.1, -0.05) is 37.6 Å². The molecule has 2 aromatic rings. The summed E-state index contributed by atoms with van der Waals surface area (Å²) in [4.78, 5) is 18.8. The topological polar surface area (TPSA) is 116 Å². The van der Waals surface area contributed by atoms with Gasteiger partial charge in [0, 0.05) is 49.2 Å². The molecule has 0 radical (unpaired) electrons. The molecule has 9 nitrogen and oxygen atoms in total. The van der Waals surface area contributed by atoms with Crippen molar-refractivity contribution in [3.8, 4) is 17.3 Å². The summed E-state index contributed by atoms with van der Waals surface area (Å²) in [5.41, 5.74) is 9.82. The van der Waals surface area contributed by atoms with Gasteiger partial charge < -0.3 is 20.1 Å². The van der Waals surface area contributed by atoms with Gasteiger partial charge in [-0.15, -0.1) is 0 Å². The Bertz CT molecular complexity index is 1270. The number of allylic oxidation sites excluding steroid dienone is 4. The zero-order valence-electron chi connectivity index (χ0n) is 22.1.